The van der Waals surface area contributed by atoms with Gasteiger partial charge in [-0.05, 0) is 55.8 Å². The quantitative estimate of drug-likeness (QED) is 0.334. The summed E-state index contributed by atoms with van der Waals surface area (Å²) in [7, 11) is 3.00. The molecule has 0 bridgehead atoms. The van der Waals surface area contributed by atoms with Crippen LogP contribution in [-0.2, 0) is 20.7 Å². The number of piperazine rings is 1. The Labute approximate surface area is 256 Å². The van der Waals surface area contributed by atoms with Gasteiger partial charge in [0.25, 0.3) is 5.91 Å². The molecule has 43 heavy (non-hydrogen) atoms. The van der Waals surface area contributed by atoms with Crippen molar-refractivity contribution in [1.29, 1.82) is 0 Å². The van der Waals surface area contributed by atoms with Gasteiger partial charge in [0.05, 0.1) is 35.5 Å². The molecule has 4 heterocycles. The van der Waals surface area contributed by atoms with Crippen LogP contribution in [0.1, 0.15) is 55.5 Å². The maximum absolute atomic E-state index is 14.4. The number of fused-ring (bicyclic) bond motifs is 1. The number of esters is 1. The van der Waals surface area contributed by atoms with Crippen LogP contribution >= 0.6 is 11.6 Å². The fourth-order valence-corrected chi connectivity index (χ4v) is 6.20. The van der Waals surface area contributed by atoms with Gasteiger partial charge < -0.3 is 24.2 Å². The number of carbonyl (C=O) groups excluding carboxylic acids is 2. The fraction of sp³-hybridized carbons (Fsp3) is 0.438. The van der Waals surface area contributed by atoms with E-state index in [4.69, 9.17) is 26.1 Å². The van der Waals surface area contributed by atoms with Crippen molar-refractivity contribution in [2.45, 2.75) is 45.8 Å². The molecular formula is C32H37ClFN5O4. The van der Waals surface area contributed by atoms with E-state index in [1.807, 2.05) is 41.8 Å². The number of rotatable bonds is 6. The van der Waals surface area contributed by atoms with Crippen LogP contribution in [-0.4, -0.2) is 72.7 Å². The molecule has 5 rings (SSSR count). The van der Waals surface area contributed by atoms with E-state index in [1.165, 1.54) is 13.2 Å². The lowest BCUT2D eigenvalue weighted by Crippen LogP contribution is -2.61. The highest BCUT2D eigenvalue weighted by molar-refractivity contribution is 6.30. The minimum Gasteiger partial charge on any atom is -0.469 e. The number of anilines is 3. The number of methoxy groups -OCH3 is 2. The lowest BCUT2D eigenvalue weighted by Gasteiger charge is -2.47. The Kier molecular flexibility index (Phi) is 8.37. The van der Waals surface area contributed by atoms with Crippen LogP contribution < -0.4 is 9.80 Å². The molecule has 0 saturated carbocycles. The van der Waals surface area contributed by atoms with Gasteiger partial charge in [-0.25, -0.2) is 14.4 Å². The van der Waals surface area contributed by atoms with Gasteiger partial charge in [0.15, 0.2) is 0 Å². The van der Waals surface area contributed by atoms with Gasteiger partial charge in [0, 0.05) is 50.6 Å². The second-order valence-electron chi connectivity index (χ2n) is 12.4. The van der Waals surface area contributed by atoms with Crippen LogP contribution in [0, 0.1) is 11.2 Å². The second kappa shape index (κ2) is 11.7. The summed E-state index contributed by atoms with van der Waals surface area (Å²) < 4.78 is 25.1. The third-order valence-electron chi connectivity index (χ3n) is 8.24. The molecule has 1 fully saturated rings. The van der Waals surface area contributed by atoms with Crippen molar-refractivity contribution >= 4 is 40.7 Å². The molecule has 0 spiro atoms. The molecule has 0 N–H and O–H groups in total. The molecule has 1 atom stereocenters. The Morgan fingerprint density at radius 3 is 2.44 bits per heavy atom. The summed E-state index contributed by atoms with van der Waals surface area (Å²) in [5.41, 5.74) is 2.23. The van der Waals surface area contributed by atoms with Crippen molar-refractivity contribution in [2.75, 3.05) is 50.2 Å². The maximum atomic E-state index is 14.4. The molecule has 228 valence electrons. The number of benzene rings is 1. The molecule has 1 aromatic carbocycles. The van der Waals surface area contributed by atoms with Gasteiger partial charge in [-0.1, -0.05) is 31.5 Å². The zero-order valence-corrected chi connectivity index (χ0v) is 26.1. The zero-order valence-electron chi connectivity index (χ0n) is 25.4. The number of hydrogen-bond donors (Lipinski definition) is 0. The standard InChI is InChI=1S/C32H37ClFN5O4/c1-31(2)18-38(21-8-9-22(33)23(34)16-21)25-11-10-24(36-28(25)29(31)43-6)30(41)39-14-13-37(19-32(39,3)4)26-12-7-20(17-35-26)15-27(40)42-5/h7-12,16-17,29H,13-15,18-19H2,1-6H3. The molecule has 2 aromatic heterocycles. The molecule has 1 unspecified atom stereocenters. The molecule has 1 amide bonds. The van der Waals surface area contributed by atoms with Gasteiger partial charge in [-0.2, -0.15) is 0 Å². The van der Waals surface area contributed by atoms with Crippen molar-refractivity contribution in [3.63, 3.8) is 0 Å². The third-order valence-corrected chi connectivity index (χ3v) is 8.55. The van der Waals surface area contributed by atoms with Crippen LogP contribution in [0.4, 0.5) is 21.6 Å². The average Bonchev–Trinajstić information content (AvgIpc) is 2.97. The fourth-order valence-electron chi connectivity index (χ4n) is 6.08. The number of aromatic nitrogens is 2. The number of hydrogen-bond acceptors (Lipinski definition) is 8. The van der Waals surface area contributed by atoms with Crippen LogP contribution in [0.25, 0.3) is 0 Å². The number of halogens is 2. The SMILES string of the molecule is COC(=O)Cc1ccc(N2CCN(C(=O)c3ccc4c(n3)C(OC)C(C)(C)CN4c3ccc(Cl)c(F)c3)C(C)(C)C2)nc1. The van der Waals surface area contributed by atoms with Gasteiger partial charge in [0.1, 0.15) is 23.4 Å². The lowest BCUT2D eigenvalue weighted by atomic mass is 9.79. The summed E-state index contributed by atoms with van der Waals surface area (Å²) in [5.74, 6) is -0.202. The first-order valence-electron chi connectivity index (χ1n) is 14.2. The van der Waals surface area contributed by atoms with E-state index < -0.39 is 16.8 Å². The normalized spacial score (nSPS) is 19.2. The first kappa shape index (κ1) is 30.7. The number of carbonyl (C=O) groups is 2. The first-order chi connectivity index (χ1) is 20.3. The monoisotopic (exact) mass is 609 g/mol. The Balaban J connectivity index is 1.39. The van der Waals surface area contributed by atoms with Gasteiger partial charge in [-0.15, -0.1) is 0 Å². The Hall–Kier alpha value is -3.76. The summed E-state index contributed by atoms with van der Waals surface area (Å²) in [6.07, 6.45) is 1.48. The Morgan fingerprint density at radius 2 is 1.81 bits per heavy atom. The highest BCUT2D eigenvalue weighted by atomic mass is 35.5. The number of amides is 1. The van der Waals surface area contributed by atoms with Crippen LogP contribution in [0.2, 0.25) is 5.02 Å². The summed E-state index contributed by atoms with van der Waals surface area (Å²) in [5, 5.41) is 0.0585. The molecule has 2 aliphatic rings. The highest BCUT2D eigenvalue weighted by Gasteiger charge is 2.43. The van der Waals surface area contributed by atoms with Gasteiger partial charge in [0.2, 0.25) is 0 Å². The maximum Gasteiger partial charge on any atom is 0.310 e. The molecule has 2 aliphatic heterocycles. The number of ether oxygens (including phenoxy) is 2. The van der Waals surface area contributed by atoms with Crippen LogP contribution in [0.5, 0.6) is 0 Å². The van der Waals surface area contributed by atoms with Crippen molar-refractivity contribution in [3.8, 4) is 0 Å². The molecule has 0 radical (unpaired) electrons. The predicted octanol–water partition coefficient (Wildman–Crippen LogP) is 5.59. The molecule has 11 heteroatoms. The van der Waals surface area contributed by atoms with Crippen molar-refractivity contribution < 1.29 is 23.5 Å². The molecule has 3 aromatic rings. The Morgan fingerprint density at radius 1 is 1.05 bits per heavy atom. The van der Waals surface area contributed by atoms with E-state index in [9.17, 15) is 14.0 Å². The number of nitrogens with zero attached hydrogens (tertiary/aromatic N) is 5. The minimum atomic E-state index is -0.522. The van der Waals surface area contributed by atoms with Crippen molar-refractivity contribution in [1.82, 2.24) is 14.9 Å². The summed E-state index contributed by atoms with van der Waals surface area (Å²) in [4.78, 5) is 41.0. The first-order valence-corrected chi connectivity index (χ1v) is 14.6. The summed E-state index contributed by atoms with van der Waals surface area (Å²) in [6.45, 7) is 10.4. The largest absolute Gasteiger partial charge is 0.469 e. The molecule has 9 nitrogen and oxygen atoms in total. The highest BCUT2D eigenvalue weighted by Crippen LogP contribution is 2.48. The average molecular weight is 610 g/mol. The van der Waals surface area contributed by atoms with Crippen LogP contribution in [0.15, 0.2) is 48.7 Å². The van der Waals surface area contributed by atoms with E-state index in [-0.39, 0.29) is 29.4 Å². The summed E-state index contributed by atoms with van der Waals surface area (Å²) in [6, 6.07) is 12.1. The topological polar surface area (TPSA) is 88.1 Å². The van der Waals surface area contributed by atoms with E-state index in [0.29, 0.717) is 43.3 Å². The van der Waals surface area contributed by atoms with E-state index in [1.54, 1.807) is 31.5 Å². The van der Waals surface area contributed by atoms with E-state index >= 15 is 0 Å². The third kappa shape index (κ3) is 6.03. The van der Waals surface area contributed by atoms with Crippen LogP contribution in [0.3, 0.4) is 0 Å². The van der Waals surface area contributed by atoms with E-state index in [0.717, 1.165) is 17.1 Å². The van der Waals surface area contributed by atoms with E-state index in [2.05, 4.69) is 23.7 Å². The van der Waals surface area contributed by atoms with Crippen molar-refractivity contribution in [2.24, 2.45) is 5.41 Å². The number of pyridine rings is 2. The van der Waals surface area contributed by atoms with Gasteiger partial charge >= 0.3 is 5.97 Å². The van der Waals surface area contributed by atoms with Crippen molar-refractivity contribution in [3.05, 3.63) is 76.5 Å². The molecular weight excluding hydrogens is 573 g/mol. The Bertz CT molecular complexity index is 1530. The second-order valence-corrected chi connectivity index (χ2v) is 12.8. The lowest BCUT2D eigenvalue weighted by molar-refractivity contribution is -0.139. The van der Waals surface area contributed by atoms with Gasteiger partial charge in [-0.3, -0.25) is 9.59 Å². The predicted molar refractivity (Wildman–Crippen MR) is 163 cm³/mol. The smallest absolute Gasteiger partial charge is 0.310 e. The molecule has 0 aliphatic carbocycles. The minimum absolute atomic E-state index is 0.0585. The molecule has 1 saturated heterocycles. The summed E-state index contributed by atoms with van der Waals surface area (Å²) >= 11 is 5.96. The zero-order chi connectivity index (χ0) is 31.1.